The maximum absolute atomic E-state index is 11.4. The summed E-state index contributed by atoms with van der Waals surface area (Å²) >= 11 is 5.65. The first kappa shape index (κ1) is 11.3. The lowest BCUT2D eigenvalue weighted by atomic mass is 10.2. The fourth-order valence-electron chi connectivity index (χ4n) is 1.68. The van der Waals surface area contributed by atoms with E-state index in [1.807, 2.05) is 13.0 Å². The fraction of sp³-hybridized carbons (Fsp3) is 0.500. The van der Waals surface area contributed by atoms with Crippen LogP contribution in [0, 0.1) is 0 Å². The highest BCUT2D eigenvalue weighted by molar-refractivity contribution is 6.29. The Labute approximate surface area is 98.8 Å². The van der Waals surface area contributed by atoms with Crippen LogP contribution >= 0.6 is 11.6 Å². The van der Waals surface area contributed by atoms with Crippen LogP contribution in [0.3, 0.4) is 0 Å². The van der Waals surface area contributed by atoms with Gasteiger partial charge in [-0.25, -0.2) is 0 Å². The second-order valence-corrected chi connectivity index (χ2v) is 4.17. The molecule has 0 aromatic carbocycles. The van der Waals surface area contributed by atoms with E-state index in [-0.39, 0.29) is 11.9 Å². The lowest BCUT2D eigenvalue weighted by Gasteiger charge is -2.32. The van der Waals surface area contributed by atoms with Gasteiger partial charge in [0, 0.05) is 19.6 Å². The van der Waals surface area contributed by atoms with E-state index in [1.165, 1.54) is 0 Å². The van der Waals surface area contributed by atoms with Crippen molar-refractivity contribution in [3.63, 3.8) is 0 Å². The molecule has 1 unspecified atom stereocenters. The zero-order valence-corrected chi connectivity index (χ0v) is 9.74. The number of nitrogens with one attached hydrogen (secondary N) is 1. The minimum atomic E-state index is -0.119. The van der Waals surface area contributed by atoms with Crippen LogP contribution < -0.4 is 5.32 Å². The first-order valence-corrected chi connectivity index (χ1v) is 5.54. The van der Waals surface area contributed by atoms with E-state index in [0.29, 0.717) is 18.2 Å². The van der Waals surface area contributed by atoms with Crippen molar-refractivity contribution in [1.29, 1.82) is 0 Å². The molecule has 86 valence electrons. The quantitative estimate of drug-likeness (QED) is 0.816. The van der Waals surface area contributed by atoms with Gasteiger partial charge in [-0.15, -0.1) is 5.10 Å². The van der Waals surface area contributed by atoms with Gasteiger partial charge in [-0.05, 0) is 19.1 Å². The third kappa shape index (κ3) is 2.48. The molecule has 0 radical (unpaired) electrons. The molecule has 2 rings (SSSR count). The zero-order chi connectivity index (χ0) is 11.5. The van der Waals surface area contributed by atoms with Crippen molar-refractivity contribution in [2.24, 2.45) is 0 Å². The molecular formula is C10H13ClN4O. The average Bonchev–Trinajstić information content (AvgIpc) is 2.28. The van der Waals surface area contributed by atoms with Crippen LogP contribution in [0.5, 0.6) is 0 Å². The van der Waals surface area contributed by atoms with Gasteiger partial charge in [-0.3, -0.25) is 9.69 Å². The van der Waals surface area contributed by atoms with Gasteiger partial charge < -0.3 is 5.32 Å². The summed E-state index contributed by atoms with van der Waals surface area (Å²) < 4.78 is 0. The number of hydrogen-bond donors (Lipinski definition) is 1. The molecule has 0 aliphatic carbocycles. The molecule has 0 bridgehead atoms. The molecule has 1 atom stereocenters. The first-order chi connectivity index (χ1) is 7.66. The maximum atomic E-state index is 11.4. The van der Waals surface area contributed by atoms with Crippen LogP contribution in [-0.4, -0.2) is 40.1 Å². The number of hydrogen-bond acceptors (Lipinski definition) is 4. The minimum absolute atomic E-state index is 0.0631. The third-order valence-electron chi connectivity index (χ3n) is 2.68. The Morgan fingerprint density at radius 1 is 1.56 bits per heavy atom. The molecule has 1 saturated heterocycles. The predicted molar refractivity (Wildman–Crippen MR) is 59.9 cm³/mol. The van der Waals surface area contributed by atoms with E-state index in [9.17, 15) is 4.79 Å². The fourth-order valence-corrected chi connectivity index (χ4v) is 1.78. The Balaban J connectivity index is 2.03. The van der Waals surface area contributed by atoms with Crippen LogP contribution in [0.15, 0.2) is 12.1 Å². The highest BCUT2D eigenvalue weighted by Crippen LogP contribution is 2.09. The molecule has 1 aliphatic heterocycles. The standard InChI is InChI=1S/C10H13ClN4O/c1-7-10(16)12-4-5-15(7)6-8-2-3-9(11)14-13-8/h2-3,7H,4-6H2,1H3,(H,12,16). The maximum Gasteiger partial charge on any atom is 0.237 e. The summed E-state index contributed by atoms with van der Waals surface area (Å²) in [6.07, 6.45) is 0. The molecule has 6 heteroatoms. The van der Waals surface area contributed by atoms with E-state index in [2.05, 4.69) is 20.4 Å². The highest BCUT2D eigenvalue weighted by atomic mass is 35.5. The number of carbonyl (C=O) groups is 1. The topological polar surface area (TPSA) is 58.1 Å². The minimum Gasteiger partial charge on any atom is -0.353 e. The Bertz CT molecular complexity index is 381. The average molecular weight is 241 g/mol. The monoisotopic (exact) mass is 240 g/mol. The van der Waals surface area contributed by atoms with Crippen molar-refractivity contribution < 1.29 is 4.79 Å². The van der Waals surface area contributed by atoms with Crippen molar-refractivity contribution in [2.75, 3.05) is 13.1 Å². The number of carbonyl (C=O) groups excluding carboxylic acids is 1. The number of aromatic nitrogens is 2. The van der Waals surface area contributed by atoms with Crippen molar-refractivity contribution in [1.82, 2.24) is 20.4 Å². The Morgan fingerprint density at radius 2 is 2.38 bits per heavy atom. The molecule has 2 heterocycles. The summed E-state index contributed by atoms with van der Waals surface area (Å²) in [5.41, 5.74) is 0.825. The SMILES string of the molecule is CC1C(=O)NCCN1Cc1ccc(Cl)nn1. The Hall–Kier alpha value is -1.20. The number of halogens is 1. The molecule has 1 amide bonds. The molecule has 1 N–H and O–H groups in total. The van der Waals surface area contributed by atoms with E-state index < -0.39 is 0 Å². The van der Waals surface area contributed by atoms with Gasteiger partial charge in [0.25, 0.3) is 0 Å². The summed E-state index contributed by atoms with van der Waals surface area (Å²) in [6, 6.07) is 3.42. The van der Waals surface area contributed by atoms with E-state index in [4.69, 9.17) is 11.6 Å². The number of nitrogens with zero attached hydrogens (tertiary/aromatic N) is 3. The van der Waals surface area contributed by atoms with E-state index >= 15 is 0 Å². The second-order valence-electron chi connectivity index (χ2n) is 3.78. The molecular weight excluding hydrogens is 228 g/mol. The van der Waals surface area contributed by atoms with E-state index in [1.54, 1.807) is 6.07 Å². The summed E-state index contributed by atoms with van der Waals surface area (Å²) in [7, 11) is 0. The highest BCUT2D eigenvalue weighted by Gasteiger charge is 2.25. The van der Waals surface area contributed by atoms with Gasteiger partial charge in [0.05, 0.1) is 11.7 Å². The smallest absolute Gasteiger partial charge is 0.237 e. The zero-order valence-electron chi connectivity index (χ0n) is 8.98. The van der Waals surface area contributed by atoms with Crippen molar-refractivity contribution in [2.45, 2.75) is 19.5 Å². The molecule has 5 nitrogen and oxygen atoms in total. The summed E-state index contributed by atoms with van der Waals surface area (Å²) in [5, 5.41) is 11.0. The third-order valence-corrected chi connectivity index (χ3v) is 2.88. The van der Waals surface area contributed by atoms with Gasteiger partial charge in [-0.2, -0.15) is 5.10 Å². The van der Waals surface area contributed by atoms with Crippen LogP contribution in [0.1, 0.15) is 12.6 Å². The van der Waals surface area contributed by atoms with E-state index in [0.717, 1.165) is 12.2 Å². The molecule has 1 aliphatic rings. The molecule has 1 aromatic rings. The number of piperazine rings is 1. The van der Waals surface area contributed by atoms with Crippen molar-refractivity contribution >= 4 is 17.5 Å². The number of rotatable bonds is 2. The van der Waals surface area contributed by atoms with Crippen LogP contribution in [-0.2, 0) is 11.3 Å². The van der Waals surface area contributed by atoms with Gasteiger partial charge in [-0.1, -0.05) is 11.6 Å². The van der Waals surface area contributed by atoms with Gasteiger partial charge >= 0.3 is 0 Å². The van der Waals surface area contributed by atoms with Crippen molar-refractivity contribution in [3.8, 4) is 0 Å². The molecule has 1 fully saturated rings. The first-order valence-electron chi connectivity index (χ1n) is 5.16. The van der Waals surface area contributed by atoms with Crippen molar-refractivity contribution in [3.05, 3.63) is 23.0 Å². The lowest BCUT2D eigenvalue weighted by molar-refractivity contribution is -0.128. The van der Waals surface area contributed by atoms with Crippen LogP contribution in [0.4, 0.5) is 0 Å². The number of amides is 1. The lowest BCUT2D eigenvalue weighted by Crippen LogP contribution is -2.53. The summed E-state index contributed by atoms with van der Waals surface area (Å²) in [6.45, 7) is 4.03. The van der Waals surface area contributed by atoms with Gasteiger partial charge in [0.15, 0.2) is 5.15 Å². The molecule has 0 spiro atoms. The second kappa shape index (κ2) is 4.76. The van der Waals surface area contributed by atoms with Gasteiger partial charge in [0.2, 0.25) is 5.91 Å². The largest absolute Gasteiger partial charge is 0.353 e. The van der Waals surface area contributed by atoms with Gasteiger partial charge in [0.1, 0.15) is 0 Å². The Kier molecular flexibility index (Phi) is 3.36. The normalized spacial score (nSPS) is 21.9. The molecule has 16 heavy (non-hydrogen) atoms. The van der Waals surface area contributed by atoms with Crippen LogP contribution in [0.25, 0.3) is 0 Å². The summed E-state index contributed by atoms with van der Waals surface area (Å²) in [5.74, 6) is 0.0631. The van der Waals surface area contributed by atoms with Crippen LogP contribution in [0.2, 0.25) is 5.15 Å². The molecule has 1 aromatic heterocycles. The Morgan fingerprint density at radius 3 is 3.06 bits per heavy atom. The predicted octanol–water partition coefficient (Wildman–Crippen LogP) is 0.450. The molecule has 0 saturated carbocycles. The summed E-state index contributed by atoms with van der Waals surface area (Å²) in [4.78, 5) is 13.5.